The molecule has 1 aliphatic heterocycles. The summed E-state index contributed by atoms with van der Waals surface area (Å²) >= 11 is 0. The van der Waals surface area contributed by atoms with Crippen molar-refractivity contribution in [2.75, 3.05) is 18.2 Å². The van der Waals surface area contributed by atoms with Crippen molar-refractivity contribution in [2.45, 2.75) is 32.7 Å². The summed E-state index contributed by atoms with van der Waals surface area (Å²) < 4.78 is 24.0. The highest BCUT2D eigenvalue weighted by Crippen LogP contribution is 2.45. The molecule has 2 aliphatic rings. The molecule has 32 heavy (non-hydrogen) atoms. The first-order valence-corrected chi connectivity index (χ1v) is 12.3. The van der Waals surface area contributed by atoms with Gasteiger partial charge >= 0.3 is 0 Å². The third kappa shape index (κ3) is 3.81. The molecular weight excluding hydrogens is 424 g/mol. The van der Waals surface area contributed by atoms with E-state index in [9.17, 15) is 8.42 Å². The minimum Gasteiger partial charge on any atom is -0.707 e. The van der Waals surface area contributed by atoms with Crippen LogP contribution in [0, 0.1) is 13.8 Å². The average Bonchev–Trinajstić information content (AvgIpc) is 2.73. The normalized spacial score (nSPS) is 19.5. The number of allylic oxidation sites excluding steroid dienone is 2. The number of aromatic nitrogens is 1. The van der Waals surface area contributed by atoms with Crippen LogP contribution in [0.2, 0.25) is 0 Å². The lowest BCUT2D eigenvalue weighted by molar-refractivity contribution is -0.652. The summed E-state index contributed by atoms with van der Waals surface area (Å²) in [5.74, 6) is 0.387. The lowest BCUT2D eigenvalue weighted by Crippen LogP contribution is -2.46. The van der Waals surface area contributed by atoms with Crippen molar-refractivity contribution in [3.63, 3.8) is 0 Å². The predicted octanol–water partition coefficient (Wildman–Crippen LogP) is 3.09. The highest BCUT2D eigenvalue weighted by atomic mass is 32.2. The lowest BCUT2D eigenvalue weighted by atomic mass is 9.81. The number of likely N-dealkylation sites (N-methyl/N-ethyl adjacent to an activating group) is 1. The molecule has 2 unspecified atom stereocenters. The van der Waals surface area contributed by atoms with Gasteiger partial charge in [-0.3, -0.25) is 0 Å². The zero-order valence-corrected chi connectivity index (χ0v) is 20.0. The summed E-state index contributed by atoms with van der Waals surface area (Å²) in [6, 6.07) is 11.9. The summed E-state index contributed by atoms with van der Waals surface area (Å²) in [5.41, 5.74) is 8.11. The second kappa shape index (κ2) is 7.99. The second-order valence-corrected chi connectivity index (χ2v) is 10.4. The summed E-state index contributed by atoms with van der Waals surface area (Å²) in [7, 11) is 0.763. The van der Waals surface area contributed by atoms with Gasteiger partial charge in [-0.2, -0.15) is 4.57 Å². The van der Waals surface area contributed by atoms with E-state index in [0.29, 0.717) is 18.2 Å². The average molecular weight is 453 g/mol. The standard InChI is InChI=1S/C24H25N2.CH4O4S/c1-14-6-8-20-17(10-14)18-12-16(3)13-22-23(18)24(26(20)5)19-11-15(2)7-9-21(19)25(22)4;1-6(3,4)5-2/h6-13,19,21H,1-5H3;2H,1H3/q+1;/p-1. The van der Waals surface area contributed by atoms with Crippen LogP contribution in [0.1, 0.15) is 29.7 Å². The van der Waals surface area contributed by atoms with Crippen LogP contribution in [0.3, 0.4) is 0 Å². The molecule has 5 rings (SSSR count). The number of benzene rings is 2. The summed E-state index contributed by atoms with van der Waals surface area (Å²) in [6.45, 7) is 6.60. The van der Waals surface area contributed by atoms with Gasteiger partial charge in [-0.15, -0.1) is 0 Å². The third-order valence-electron chi connectivity index (χ3n) is 6.32. The molecule has 2 heterocycles. The van der Waals surface area contributed by atoms with Crippen molar-refractivity contribution in [3.05, 3.63) is 71.0 Å². The maximum atomic E-state index is 9.47. The molecule has 0 saturated carbocycles. The van der Waals surface area contributed by atoms with Gasteiger partial charge < -0.3 is 14.5 Å². The minimum atomic E-state index is -3.72. The molecule has 2 aromatic carbocycles. The molecule has 0 radical (unpaired) electrons. The first kappa shape index (κ1) is 22.5. The molecular formula is C25H28N2O4S. The molecule has 0 N–H and O–H groups in total. The third-order valence-corrected chi connectivity index (χ3v) is 6.56. The molecule has 0 spiro atoms. The highest BCUT2D eigenvalue weighted by molar-refractivity contribution is 7.85. The zero-order valence-electron chi connectivity index (χ0n) is 19.2. The Balaban J connectivity index is 0.000000363. The van der Waals surface area contributed by atoms with Crippen LogP contribution in [-0.2, 0) is 21.5 Å². The number of rotatable bonds is 1. The number of nitrogens with zero attached hydrogens (tertiary/aromatic N) is 2. The van der Waals surface area contributed by atoms with E-state index in [-0.39, 0.29) is 0 Å². The Morgan fingerprint density at radius 2 is 1.72 bits per heavy atom. The smallest absolute Gasteiger partial charge is 0.255 e. The number of anilines is 1. The van der Waals surface area contributed by atoms with Crippen LogP contribution >= 0.6 is 0 Å². The van der Waals surface area contributed by atoms with Crippen LogP contribution < -0.4 is 14.7 Å². The SMILES string of the molecule is CC1=CC2c3c4c(cc(C)cc4c4cc(C)ccc4[n+]3C)N(C)C2C=C1.CS(=O)(=O)O[O-]. The fraction of sp³-hybridized carbons (Fsp3) is 0.320. The monoisotopic (exact) mass is 452 g/mol. The first-order valence-electron chi connectivity index (χ1n) is 10.5. The summed E-state index contributed by atoms with van der Waals surface area (Å²) in [6.07, 6.45) is 7.76. The van der Waals surface area contributed by atoms with E-state index >= 15 is 0 Å². The Hall–Kier alpha value is -2.74. The van der Waals surface area contributed by atoms with Crippen molar-refractivity contribution in [1.29, 1.82) is 0 Å². The maximum absolute atomic E-state index is 9.47. The molecule has 1 aromatic heterocycles. The van der Waals surface area contributed by atoms with Crippen LogP contribution in [0.5, 0.6) is 0 Å². The molecule has 168 valence electrons. The Morgan fingerprint density at radius 3 is 2.38 bits per heavy atom. The van der Waals surface area contributed by atoms with Gasteiger partial charge in [-0.25, -0.2) is 8.42 Å². The Kier molecular flexibility index (Phi) is 5.61. The Morgan fingerprint density at radius 1 is 1.06 bits per heavy atom. The number of pyridine rings is 1. The van der Waals surface area contributed by atoms with E-state index in [1.54, 1.807) is 0 Å². The van der Waals surface area contributed by atoms with Crippen LogP contribution in [-0.4, -0.2) is 27.8 Å². The molecule has 0 fully saturated rings. The van der Waals surface area contributed by atoms with Gasteiger partial charge in [0.15, 0.2) is 0 Å². The molecule has 7 heteroatoms. The van der Waals surface area contributed by atoms with E-state index in [1.807, 2.05) is 0 Å². The quantitative estimate of drug-likeness (QED) is 0.246. The van der Waals surface area contributed by atoms with Gasteiger partial charge in [0.1, 0.15) is 7.05 Å². The fourth-order valence-electron chi connectivity index (χ4n) is 4.95. The van der Waals surface area contributed by atoms with Crippen molar-refractivity contribution in [3.8, 4) is 0 Å². The van der Waals surface area contributed by atoms with E-state index in [2.05, 4.69) is 97.2 Å². The van der Waals surface area contributed by atoms with Crippen molar-refractivity contribution in [1.82, 2.24) is 0 Å². The van der Waals surface area contributed by atoms with Crippen molar-refractivity contribution in [2.24, 2.45) is 7.05 Å². The molecule has 3 aromatic rings. The van der Waals surface area contributed by atoms with Crippen LogP contribution in [0.4, 0.5) is 5.69 Å². The van der Waals surface area contributed by atoms with Crippen molar-refractivity contribution < 1.29 is 22.6 Å². The predicted molar refractivity (Wildman–Crippen MR) is 126 cm³/mol. The molecule has 1 aliphatic carbocycles. The zero-order chi connectivity index (χ0) is 23.4. The number of hydrogen-bond donors (Lipinski definition) is 0. The number of hydrogen-bond acceptors (Lipinski definition) is 5. The minimum absolute atomic E-state index is 0.380. The highest BCUT2D eigenvalue weighted by Gasteiger charge is 2.39. The van der Waals surface area contributed by atoms with Crippen LogP contribution in [0.15, 0.2) is 54.1 Å². The summed E-state index contributed by atoms with van der Waals surface area (Å²) in [4.78, 5) is 2.47. The fourth-order valence-corrected chi connectivity index (χ4v) is 4.95. The van der Waals surface area contributed by atoms with E-state index in [4.69, 9.17) is 5.26 Å². The summed E-state index contributed by atoms with van der Waals surface area (Å²) in [5, 5.41) is 13.0. The molecule has 0 bridgehead atoms. The van der Waals surface area contributed by atoms with Gasteiger partial charge in [-0.05, 0) is 38.5 Å². The molecule has 0 saturated heterocycles. The molecule has 0 amide bonds. The van der Waals surface area contributed by atoms with E-state index in [1.165, 1.54) is 49.8 Å². The number of aryl methyl sites for hydroxylation is 3. The molecule has 6 nitrogen and oxygen atoms in total. The van der Waals surface area contributed by atoms with Crippen LogP contribution in [0.25, 0.3) is 21.7 Å². The Labute approximate surface area is 189 Å². The number of fused-ring (bicyclic) bond motifs is 4. The van der Waals surface area contributed by atoms with Gasteiger partial charge in [0.2, 0.25) is 11.2 Å². The van der Waals surface area contributed by atoms with Crippen molar-refractivity contribution >= 4 is 37.5 Å². The maximum Gasteiger partial charge on any atom is 0.255 e. The van der Waals surface area contributed by atoms with Gasteiger partial charge in [-0.1, -0.05) is 41.5 Å². The Bertz CT molecular complexity index is 1410. The van der Waals surface area contributed by atoms with E-state index in [0.717, 1.165) is 0 Å². The molecule has 2 atom stereocenters. The first-order chi connectivity index (χ1) is 15.0. The van der Waals surface area contributed by atoms with Gasteiger partial charge in [0, 0.05) is 18.5 Å². The van der Waals surface area contributed by atoms with Gasteiger partial charge in [0.05, 0.1) is 34.7 Å². The second-order valence-electron chi connectivity index (χ2n) is 8.84. The van der Waals surface area contributed by atoms with Gasteiger partial charge in [0.25, 0.3) is 10.1 Å². The largest absolute Gasteiger partial charge is 0.707 e. The topological polar surface area (TPSA) is 73.6 Å². The lowest BCUT2D eigenvalue weighted by Gasteiger charge is -2.39. The van der Waals surface area contributed by atoms with E-state index < -0.39 is 10.1 Å².